The predicted octanol–water partition coefficient (Wildman–Crippen LogP) is 3.42. The molecule has 1 heterocycles. The van der Waals surface area contributed by atoms with Crippen LogP contribution in [0.5, 0.6) is 0 Å². The summed E-state index contributed by atoms with van der Waals surface area (Å²) >= 11 is 1.67. The van der Waals surface area contributed by atoms with Crippen molar-refractivity contribution in [2.24, 2.45) is 0 Å². The highest BCUT2D eigenvalue weighted by Gasteiger charge is 2.33. The van der Waals surface area contributed by atoms with Gasteiger partial charge in [0.05, 0.1) is 18.2 Å². The van der Waals surface area contributed by atoms with Gasteiger partial charge in [-0.1, -0.05) is 12.1 Å². The number of hydrogen-bond donors (Lipinski definition) is 0. The Morgan fingerprint density at radius 2 is 2.20 bits per heavy atom. The van der Waals surface area contributed by atoms with E-state index in [1.54, 1.807) is 35.6 Å². The van der Waals surface area contributed by atoms with Gasteiger partial charge in [-0.15, -0.1) is 11.3 Å². The van der Waals surface area contributed by atoms with E-state index in [0.717, 1.165) is 12.8 Å². The van der Waals surface area contributed by atoms with Gasteiger partial charge in [-0.25, -0.2) is 0 Å². The Hall–Kier alpha value is -2.12. The zero-order valence-corrected chi connectivity index (χ0v) is 11.8. The van der Waals surface area contributed by atoms with Gasteiger partial charge >= 0.3 is 0 Å². The van der Waals surface area contributed by atoms with E-state index in [0.29, 0.717) is 23.7 Å². The maximum absolute atomic E-state index is 12.6. The zero-order chi connectivity index (χ0) is 13.9. The van der Waals surface area contributed by atoms with E-state index in [1.807, 2.05) is 16.3 Å². The highest BCUT2D eigenvalue weighted by atomic mass is 32.1. The van der Waals surface area contributed by atoms with Crippen LogP contribution in [0.3, 0.4) is 0 Å². The Morgan fingerprint density at radius 3 is 2.85 bits per heavy atom. The van der Waals surface area contributed by atoms with Crippen LogP contribution in [0.4, 0.5) is 0 Å². The molecule has 0 spiro atoms. The summed E-state index contributed by atoms with van der Waals surface area (Å²) in [6.07, 6.45) is 2.16. The maximum Gasteiger partial charge on any atom is 0.254 e. The first-order valence-electron chi connectivity index (χ1n) is 6.61. The van der Waals surface area contributed by atoms with Crippen molar-refractivity contribution in [1.29, 1.82) is 5.26 Å². The lowest BCUT2D eigenvalue weighted by Gasteiger charge is -2.22. The molecule has 1 amide bonds. The number of hydrogen-bond acceptors (Lipinski definition) is 3. The minimum atomic E-state index is 0.0259. The molecule has 0 saturated heterocycles. The molecule has 20 heavy (non-hydrogen) atoms. The smallest absolute Gasteiger partial charge is 0.254 e. The van der Waals surface area contributed by atoms with Crippen LogP contribution in [0, 0.1) is 11.3 Å². The van der Waals surface area contributed by atoms with Crippen LogP contribution in [0.15, 0.2) is 41.8 Å². The second-order valence-electron chi connectivity index (χ2n) is 4.94. The highest BCUT2D eigenvalue weighted by molar-refractivity contribution is 7.09. The van der Waals surface area contributed by atoms with Crippen molar-refractivity contribution in [2.75, 3.05) is 0 Å². The minimum absolute atomic E-state index is 0.0259. The monoisotopic (exact) mass is 282 g/mol. The molecule has 1 aromatic heterocycles. The molecule has 0 atom stereocenters. The summed E-state index contributed by atoms with van der Waals surface area (Å²) in [6, 6.07) is 13.4. The Kier molecular flexibility index (Phi) is 3.53. The second-order valence-corrected chi connectivity index (χ2v) is 5.97. The van der Waals surface area contributed by atoms with E-state index in [2.05, 4.69) is 12.1 Å². The van der Waals surface area contributed by atoms with E-state index in [4.69, 9.17) is 5.26 Å². The van der Waals surface area contributed by atoms with E-state index >= 15 is 0 Å². The molecule has 3 rings (SSSR count). The number of rotatable bonds is 4. The Balaban J connectivity index is 1.83. The number of nitrogens with zero attached hydrogens (tertiary/aromatic N) is 2. The van der Waals surface area contributed by atoms with Crippen molar-refractivity contribution in [3.05, 3.63) is 57.8 Å². The van der Waals surface area contributed by atoms with Crippen LogP contribution >= 0.6 is 11.3 Å². The molecule has 3 nitrogen and oxygen atoms in total. The molecule has 1 fully saturated rings. The summed E-state index contributed by atoms with van der Waals surface area (Å²) in [6.45, 7) is 0.665. The Bertz CT molecular complexity index is 653. The summed E-state index contributed by atoms with van der Waals surface area (Å²) in [5, 5.41) is 11.0. The lowest BCUT2D eigenvalue weighted by molar-refractivity contribution is 0.0731. The van der Waals surface area contributed by atoms with Gasteiger partial charge in [0.2, 0.25) is 0 Å². The molecule has 1 aliphatic carbocycles. The van der Waals surface area contributed by atoms with Gasteiger partial charge in [-0.05, 0) is 42.5 Å². The highest BCUT2D eigenvalue weighted by Crippen LogP contribution is 2.30. The first-order valence-corrected chi connectivity index (χ1v) is 7.49. The van der Waals surface area contributed by atoms with Gasteiger partial charge in [0.15, 0.2) is 0 Å². The van der Waals surface area contributed by atoms with Gasteiger partial charge in [0.25, 0.3) is 5.91 Å². The molecule has 0 aliphatic heterocycles. The Morgan fingerprint density at radius 1 is 1.35 bits per heavy atom. The largest absolute Gasteiger partial charge is 0.331 e. The van der Waals surface area contributed by atoms with Crippen LogP contribution in [-0.2, 0) is 6.54 Å². The van der Waals surface area contributed by atoms with Crippen molar-refractivity contribution >= 4 is 17.2 Å². The molecule has 0 N–H and O–H groups in total. The molecular weight excluding hydrogens is 268 g/mol. The van der Waals surface area contributed by atoms with Crippen LogP contribution in [0.25, 0.3) is 0 Å². The van der Waals surface area contributed by atoms with Gasteiger partial charge in [0, 0.05) is 16.5 Å². The first kappa shape index (κ1) is 12.9. The molecule has 100 valence electrons. The number of nitriles is 1. The lowest BCUT2D eigenvalue weighted by atomic mass is 10.1. The molecule has 2 aromatic rings. The average molecular weight is 282 g/mol. The van der Waals surface area contributed by atoms with E-state index in [1.165, 1.54) is 4.88 Å². The zero-order valence-electron chi connectivity index (χ0n) is 11.0. The fourth-order valence-electron chi connectivity index (χ4n) is 2.21. The standard InChI is InChI=1S/C16H14N2OS/c17-10-12-3-1-4-13(9-12)16(19)18(14-6-7-14)11-15-5-2-8-20-15/h1-5,8-9,14H,6-7,11H2. The third-order valence-electron chi connectivity index (χ3n) is 3.39. The SMILES string of the molecule is N#Cc1cccc(C(=O)N(Cc2cccs2)C2CC2)c1. The van der Waals surface area contributed by atoms with Crippen molar-refractivity contribution in [3.8, 4) is 6.07 Å². The molecular formula is C16H14N2OS. The topological polar surface area (TPSA) is 44.1 Å². The van der Waals surface area contributed by atoms with Crippen LogP contribution in [0.1, 0.15) is 33.6 Å². The third kappa shape index (κ3) is 2.73. The predicted molar refractivity (Wildman–Crippen MR) is 78.4 cm³/mol. The summed E-state index contributed by atoms with van der Waals surface area (Å²) in [4.78, 5) is 15.8. The molecule has 1 aliphatic rings. The van der Waals surface area contributed by atoms with Gasteiger partial charge in [-0.3, -0.25) is 4.79 Å². The summed E-state index contributed by atoms with van der Waals surface area (Å²) < 4.78 is 0. The molecule has 0 unspecified atom stereocenters. The van der Waals surface area contributed by atoms with Crippen molar-refractivity contribution in [3.63, 3.8) is 0 Å². The van der Waals surface area contributed by atoms with Crippen molar-refractivity contribution in [1.82, 2.24) is 4.90 Å². The van der Waals surface area contributed by atoms with Crippen LogP contribution in [-0.4, -0.2) is 16.8 Å². The molecule has 1 saturated carbocycles. The average Bonchev–Trinajstić information content (AvgIpc) is 3.20. The maximum atomic E-state index is 12.6. The molecule has 0 bridgehead atoms. The summed E-state index contributed by atoms with van der Waals surface area (Å²) in [7, 11) is 0. The fraction of sp³-hybridized carbons (Fsp3) is 0.250. The number of carbonyl (C=O) groups is 1. The van der Waals surface area contributed by atoms with E-state index in [-0.39, 0.29) is 5.91 Å². The third-order valence-corrected chi connectivity index (χ3v) is 4.25. The summed E-state index contributed by atoms with van der Waals surface area (Å²) in [5.74, 6) is 0.0259. The van der Waals surface area contributed by atoms with Gasteiger partial charge in [0.1, 0.15) is 0 Å². The summed E-state index contributed by atoms with van der Waals surface area (Å²) in [5.41, 5.74) is 1.13. The number of benzene rings is 1. The molecule has 1 aromatic carbocycles. The van der Waals surface area contributed by atoms with Gasteiger partial charge in [-0.2, -0.15) is 5.26 Å². The van der Waals surface area contributed by atoms with Gasteiger partial charge < -0.3 is 4.90 Å². The van der Waals surface area contributed by atoms with Crippen molar-refractivity contribution < 1.29 is 4.79 Å². The number of amides is 1. The van der Waals surface area contributed by atoms with E-state index < -0.39 is 0 Å². The quantitative estimate of drug-likeness (QED) is 0.862. The lowest BCUT2D eigenvalue weighted by Crippen LogP contribution is -2.32. The van der Waals surface area contributed by atoms with Crippen molar-refractivity contribution in [2.45, 2.75) is 25.4 Å². The Labute approximate surface area is 122 Å². The van der Waals surface area contributed by atoms with Crippen LogP contribution < -0.4 is 0 Å². The molecule has 4 heteroatoms. The second kappa shape index (κ2) is 5.48. The molecule has 0 radical (unpaired) electrons. The van der Waals surface area contributed by atoms with E-state index in [9.17, 15) is 4.79 Å². The number of thiophene rings is 1. The minimum Gasteiger partial charge on any atom is -0.331 e. The first-order chi connectivity index (χ1) is 9.78. The number of carbonyl (C=O) groups excluding carboxylic acids is 1. The fourth-order valence-corrected chi connectivity index (χ4v) is 2.91. The normalized spacial score (nSPS) is 13.8. The van der Waals surface area contributed by atoms with Crippen LogP contribution in [0.2, 0.25) is 0 Å².